The van der Waals surface area contributed by atoms with Crippen LogP contribution in [0.1, 0.15) is 16.6 Å². The van der Waals surface area contributed by atoms with Crippen LogP contribution in [-0.2, 0) is 4.79 Å². The first kappa shape index (κ1) is 17.3. The second-order valence-electron chi connectivity index (χ2n) is 5.32. The quantitative estimate of drug-likeness (QED) is 0.683. The Morgan fingerprint density at radius 2 is 1.80 bits per heavy atom. The van der Waals surface area contributed by atoms with Gasteiger partial charge < -0.3 is 4.74 Å². The number of thiophene rings is 1. The standard InChI is InChI=1S/C18H15ClN2O3S/c1-11(17(22)20-21-18(23)15-8-9-16(19)25-15)24-14-7-6-12-4-2-3-5-13(12)10-14/h2-11H,1H3,(H,20,22)(H,21,23)/t11-/m0/s1. The largest absolute Gasteiger partial charge is 0.481 e. The van der Waals surface area contributed by atoms with Crippen molar-refractivity contribution in [3.8, 4) is 5.75 Å². The number of hydrogen-bond acceptors (Lipinski definition) is 4. The molecular weight excluding hydrogens is 360 g/mol. The molecule has 1 aromatic heterocycles. The molecule has 0 radical (unpaired) electrons. The van der Waals surface area contributed by atoms with Gasteiger partial charge in [0, 0.05) is 0 Å². The van der Waals surface area contributed by atoms with Crippen molar-refractivity contribution < 1.29 is 14.3 Å². The third-order valence-corrected chi connectivity index (χ3v) is 4.73. The van der Waals surface area contributed by atoms with E-state index in [1.54, 1.807) is 25.1 Å². The van der Waals surface area contributed by atoms with E-state index in [1.807, 2.05) is 36.4 Å². The molecule has 3 rings (SSSR count). The first-order chi connectivity index (χ1) is 12.0. The Morgan fingerprint density at radius 1 is 1.04 bits per heavy atom. The molecule has 128 valence electrons. The Bertz CT molecular complexity index is 925. The molecule has 3 aromatic rings. The van der Waals surface area contributed by atoms with Gasteiger partial charge in [-0.3, -0.25) is 20.4 Å². The van der Waals surface area contributed by atoms with Crippen LogP contribution >= 0.6 is 22.9 Å². The van der Waals surface area contributed by atoms with Gasteiger partial charge in [-0.25, -0.2) is 0 Å². The van der Waals surface area contributed by atoms with Crippen LogP contribution in [0.3, 0.4) is 0 Å². The Kier molecular flexibility index (Phi) is 5.21. The summed E-state index contributed by atoms with van der Waals surface area (Å²) in [6.07, 6.45) is -0.770. The Morgan fingerprint density at radius 3 is 2.52 bits per heavy atom. The smallest absolute Gasteiger partial charge is 0.279 e. The van der Waals surface area contributed by atoms with Crippen LogP contribution in [0, 0.1) is 0 Å². The lowest BCUT2D eigenvalue weighted by Crippen LogP contribution is -2.47. The molecule has 2 amide bonds. The second-order valence-corrected chi connectivity index (χ2v) is 7.03. The molecule has 0 fully saturated rings. The first-order valence-electron chi connectivity index (χ1n) is 7.54. The molecule has 0 aliphatic carbocycles. The van der Waals surface area contributed by atoms with Gasteiger partial charge in [0.15, 0.2) is 6.10 Å². The lowest BCUT2D eigenvalue weighted by atomic mass is 10.1. The highest BCUT2D eigenvalue weighted by molar-refractivity contribution is 7.17. The van der Waals surface area contributed by atoms with E-state index in [0.29, 0.717) is 15.0 Å². The molecule has 0 spiro atoms. The highest BCUT2D eigenvalue weighted by atomic mass is 35.5. The van der Waals surface area contributed by atoms with Gasteiger partial charge in [-0.15, -0.1) is 11.3 Å². The Hall–Kier alpha value is -2.57. The molecule has 2 aromatic carbocycles. The van der Waals surface area contributed by atoms with Crippen LogP contribution in [0.25, 0.3) is 10.8 Å². The Balaban J connectivity index is 1.57. The van der Waals surface area contributed by atoms with Crippen molar-refractivity contribution in [2.75, 3.05) is 0 Å². The van der Waals surface area contributed by atoms with E-state index in [4.69, 9.17) is 16.3 Å². The molecule has 0 bridgehead atoms. The van der Waals surface area contributed by atoms with E-state index in [-0.39, 0.29) is 0 Å². The minimum absolute atomic E-state index is 0.411. The summed E-state index contributed by atoms with van der Waals surface area (Å²) >= 11 is 6.91. The van der Waals surface area contributed by atoms with Gasteiger partial charge in [0.2, 0.25) is 0 Å². The first-order valence-corrected chi connectivity index (χ1v) is 8.73. The zero-order valence-corrected chi connectivity index (χ0v) is 14.9. The summed E-state index contributed by atoms with van der Waals surface area (Å²) in [7, 11) is 0. The van der Waals surface area contributed by atoms with Crippen molar-refractivity contribution in [1.82, 2.24) is 10.9 Å². The molecular formula is C18H15ClN2O3S. The zero-order chi connectivity index (χ0) is 17.8. The summed E-state index contributed by atoms with van der Waals surface area (Å²) in [5.74, 6) is -0.301. The second kappa shape index (κ2) is 7.55. The molecule has 1 heterocycles. The van der Waals surface area contributed by atoms with Gasteiger partial charge >= 0.3 is 0 Å². The molecule has 5 nitrogen and oxygen atoms in total. The van der Waals surface area contributed by atoms with Gasteiger partial charge in [-0.05, 0) is 42.0 Å². The lowest BCUT2D eigenvalue weighted by molar-refractivity contribution is -0.128. The van der Waals surface area contributed by atoms with Crippen LogP contribution < -0.4 is 15.6 Å². The van der Waals surface area contributed by atoms with Crippen LogP contribution in [0.5, 0.6) is 5.75 Å². The van der Waals surface area contributed by atoms with Crippen LogP contribution in [-0.4, -0.2) is 17.9 Å². The molecule has 0 aliphatic rings. The molecule has 0 saturated carbocycles. The molecule has 0 unspecified atom stereocenters. The fourth-order valence-corrected chi connectivity index (χ4v) is 3.15. The molecule has 2 N–H and O–H groups in total. The van der Waals surface area contributed by atoms with E-state index >= 15 is 0 Å². The number of amides is 2. The number of fused-ring (bicyclic) bond motifs is 1. The maximum absolute atomic E-state index is 12.1. The van der Waals surface area contributed by atoms with Crippen LogP contribution in [0.4, 0.5) is 0 Å². The monoisotopic (exact) mass is 374 g/mol. The fourth-order valence-electron chi connectivity index (χ4n) is 2.22. The van der Waals surface area contributed by atoms with Crippen molar-refractivity contribution in [3.63, 3.8) is 0 Å². The number of hydrogen-bond donors (Lipinski definition) is 2. The number of carbonyl (C=O) groups excluding carboxylic acids is 2. The van der Waals surface area contributed by atoms with Gasteiger partial charge in [0.05, 0.1) is 9.21 Å². The minimum atomic E-state index is -0.770. The lowest BCUT2D eigenvalue weighted by Gasteiger charge is -2.15. The topological polar surface area (TPSA) is 67.4 Å². The number of benzene rings is 2. The average molecular weight is 375 g/mol. The van der Waals surface area contributed by atoms with Gasteiger partial charge in [-0.1, -0.05) is 41.9 Å². The predicted molar refractivity (Wildman–Crippen MR) is 99.0 cm³/mol. The van der Waals surface area contributed by atoms with Crippen LogP contribution in [0.15, 0.2) is 54.6 Å². The third kappa shape index (κ3) is 4.29. The van der Waals surface area contributed by atoms with Gasteiger partial charge in [0.1, 0.15) is 5.75 Å². The predicted octanol–water partition coefficient (Wildman–Crippen LogP) is 3.78. The maximum atomic E-state index is 12.1. The number of hydrazine groups is 1. The minimum Gasteiger partial charge on any atom is -0.481 e. The summed E-state index contributed by atoms with van der Waals surface area (Å²) in [6, 6.07) is 16.7. The number of nitrogens with one attached hydrogen (secondary N) is 2. The number of halogens is 1. The molecule has 0 aliphatic heterocycles. The summed E-state index contributed by atoms with van der Waals surface area (Å²) in [5, 5.41) is 2.12. The summed E-state index contributed by atoms with van der Waals surface area (Å²) in [6.45, 7) is 1.61. The molecule has 0 saturated heterocycles. The normalized spacial score (nSPS) is 11.8. The molecule has 1 atom stereocenters. The van der Waals surface area contributed by atoms with Crippen molar-refractivity contribution in [3.05, 3.63) is 63.8 Å². The number of ether oxygens (including phenoxy) is 1. The van der Waals surface area contributed by atoms with E-state index in [2.05, 4.69) is 10.9 Å². The van der Waals surface area contributed by atoms with Gasteiger partial charge in [-0.2, -0.15) is 0 Å². The Labute approximate surface area is 153 Å². The molecule has 25 heavy (non-hydrogen) atoms. The number of carbonyl (C=O) groups is 2. The average Bonchev–Trinajstić information content (AvgIpc) is 3.05. The van der Waals surface area contributed by atoms with E-state index in [1.165, 1.54) is 0 Å². The van der Waals surface area contributed by atoms with Crippen molar-refractivity contribution in [2.24, 2.45) is 0 Å². The zero-order valence-electron chi connectivity index (χ0n) is 13.3. The van der Waals surface area contributed by atoms with E-state index in [9.17, 15) is 9.59 Å². The van der Waals surface area contributed by atoms with E-state index < -0.39 is 17.9 Å². The highest BCUT2D eigenvalue weighted by Gasteiger charge is 2.16. The highest BCUT2D eigenvalue weighted by Crippen LogP contribution is 2.22. The maximum Gasteiger partial charge on any atom is 0.279 e. The van der Waals surface area contributed by atoms with E-state index in [0.717, 1.165) is 22.1 Å². The third-order valence-electron chi connectivity index (χ3n) is 3.50. The fraction of sp³-hybridized carbons (Fsp3) is 0.111. The summed E-state index contributed by atoms with van der Waals surface area (Å²) in [4.78, 5) is 24.4. The van der Waals surface area contributed by atoms with Crippen molar-refractivity contribution >= 4 is 45.5 Å². The summed E-state index contributed by atoms with van der Waals surface area (Å²) in [5.41, 5.74) is 4.69. The van der Waals surface area contributed by atoms with Gasteiger partial charge in [0.25, 0.3) is 11.8 Å². The SMILES string of the molecule is C[C@H](Oc1ccc2ccccc2c1)C(=O)NNC(=O)c1ccc(Cl)s1. The number of rotatable bonds is 4. The summed E-state index contributed by atoms with van der Waals surface area (Å²) < 4.78 is 6.15. The molecule has 7 heteroatoms. The van der Waals surface area contributed by atoms with Crippen molar-refractivity contribution in [2.45, 2.75) is 13.0 Å². The van der Waals surface area contributed by atoms with Crippen LogP contribution in [0.2, 0.25) is 4.34 Å². The van der Waals surface area contributed by atoms with Crippen molar-refractivity contribution in [1.29, 1.82) is 0 Å².